The molecule has 0 nitrogen and oxygen atoms in total. The van der Waals surface area contributed by atoms with Gasteiger partial charge in [0.25, 0.3) is 0 Å². The summed E-state index contributed by atoms with van der Waals surface area (Å²) in [5.74, 6) is 0. The number of benzene rings is 4. The van der Waals surface area contributed by atoms with Gasteiger partial charge in [-0.1, -0.05) is 88.3 Å². The SMILES string of the molecule is CCCCCCCCCCc1ccc2cc3c(ccc4c5ccsc5ccc34)cc2c1. The number of hydrogen-bond acceptors (Lipinski definition) is 1. The van der Waals surface area contributed by atoms with Gasteiger partial charge in [-0.15, -0.1) is 11.3 Å². The van der Waals surface area contributed by atoms with Crippen molar-refractivity contribution in [1.29, 1.82) is 0 Å². The van der Waals surface area contributed by atoms with Crippen molar-refractivity contribution < 1.29 is 0 Å². The number of unbranched alkanes of at least 4 members (excludes halogenated alkanes) is 7. The lowest BCUT2D eigenvalue weighted by Crippen LogP contribution is -1.88. The minimum absolute atomic E-state index is 1.21. The second-order valence-corrected chi connectivity index (χ2v) is 9.99. The minimum Gasteiger partial charge on any atom is -0.144 e. The number of thiophene rings is 1. The van der Waals surface area contributed by atoms with Gasteiger partial charge >= 0.3 is 0 Å². The summed E-state index contributed by atoms with van der Waals surface area (Å²) in [6, 6.07) is 23.3. The van der Waals surface area contributed by atoms with Gasteiger partial charge in [-0.2, -0.15) is 0 Å². The summed E-state index contributed by atoms with van der Waals surface area (Å²) in [5.41, 5.74) is 1.48. The third kappa shape index (κ3) is 4.34. The Bertz CT molecular complexity index is 1320. The van der Waals surface area contributed by atoms with Crippen LogP contribution < -0.4 is 0 Å². The summed E-state index contributed by atoms with van der Waals surface area (Å²) in [6.07, 6.45) is 12.3. The molecule has 0 aliphatic heterocycles. The maximum Gasteiger partial charge on any atom is 0.0349 e. The molecule has 0 saturated heterocycles. The molecule has 0 atom stereocenters. The molecule has 0 aliphatic carbocycles. The van der Waals surface area contributed by atoms with E-state index in [0.717, 1.165) is 0 Å². The molecular formula is C30H32S. The topological polar surface area (TPSA) is 0 Å². The highest BCUT2D eigenvalue weighted by atomic mass is 32.1. The molecule has 0 fully saturated rings. The molecular weight excluding hydrogens is 392 g/mol. The molecule has 0 N–H and O–H groups in total. The summed E-state index contributed by atoms with van der Waals surface area (Å²) in [4.78, 5) is 0. The van der Waals surface area contributed by atoms with E-state index in [1.165, 1.54) is 106 Å². The van der Waals surface area contributed by atoms with E-state index >= 15 is 0 Å². The van der Waals surface area contributed by atoms with Gasteiger partial charge in [0, 0.05) is 10.1 Å². The van der Waals surface area contributed by atoms with Crippen LogP contribution in [0.1, 0.15) is 63.9 Å². The average Bonchev–Trinajstić information content (AvgIpc) is 3.28. The van der Waals surface area contributed by atoms with Crippen LogP contribution in [0.5, 0.6) is 0 Å². The Kier molecular flexibility index (Phi) is 6.22. The van der Waals surface area contributed by atoms with Crippen molar-refractivity contribution in [3.63, 3.8) is 0 Å². The molecule has 5 aromatic rings. The average molecular weight is 425 g/mol. The maximum absolute atomic E-state index is 2.42. The van der Waals surface area contributed by atoms with Gasteiger partial charge in [0.1, 0.15) is 0 Å². The second-order valence-electron chi connectivity index (χ2n) is 9.04. The Morgan fingerprint density at radius 1 is 0.548 bits per heavy atom. The van der Waals surface area contributed by atoms with Crippen molar-refractivity contribution in [2.45, 2.75) is 64.7 Å². The molecule has 31 heavy (non-hydrogen) atoms. The van der Waals surface area contributed by atoms with Crippen LogP contribution in [-0.4, -0.2) is 0 Å². The predicted octanol–water partition coefficient (Wildman–Crippen LogP) is 10.0. The molecule has 0 aliphatic rings. The van der Waals surface area contributed by atoms with Crippen LogP contribution >= 0.6 is 11.3 Å². The molecule has 0 spiro atoms. The van der Waals surface area contributed by atoms with Crippen molar-refractivity contribution in [2.24, 2.45) is 0 Å². The zero-order chi connectivity index (χ0) is 21.0. The second kappa shape index (κ2) is 9.40. The molecule has 0 saturated carbocycles. The summed E-state index contributed by atoms with van der Waals surface area (Å²) >= 11 is 1.83. The van der Waals surface area contributed by atoms with Crippen LogP contribution in [0.15, 0.2) is 66.0 Å². The number of aryl methyl sites for hydroxylation is 1. The molecule has 1 heteroatoms. The number of fused-ring (bicyclic) bond motifs is 6. The predicted molar refractivity (Wildman–Crippen MR) is 141 cm³/mol. The van der Waals surface area contributed by atoms with Crippen molar-refractivity contribution in [3.8, 4) is 0 Å². The first kappa shape index (κ1) is 20.5. The smallest absolute Gasteiger partial charge is 0.0349 e. The van der Waals surface area contributed by atoms with Gasteiger partial charge in [-0.05, 0) is 80.4 Å². The van der Waals surface area contributed by atoms with E-state index in [4.69, 9.17) is 0 Å². The normalized spacial score (nSPS) is 11.9. The molecule has 1 aromatic heterocycles. The van der Waals surface area contributed by atoms with Crippen molar-refractivity contribution in [3.05, 3.63) is 71.6 Å². The van der Waals surface area contributed by atoms with Crippen molar-refractivity contribution >= 4 is 53.7 Å². The Hall–Kier alpha value is -2.38. The largest absolute Gasteiger partial charge is 0.144 e. The van der Waals surface area contributed by atoms with Crippen LogP contribution in [0, 0.1) is 0 Å². The standard InChI is InChI=1S/C30H32S/c1-2-3-4-5-6-7-8-9-10-22-11-12-23-21-29-24(20-25(23)19-22)13-14-26-27(29)15-16-30-28(26)17-18-31-30/h11-21H,2-10H2,1H3. The lowest BCUT2D eigenvalue weighted by molar-refractivity contribution is 0.575. The molecule has 4 aromatic carbocycles. The highest BCUT2D eigenvalue weighted by Gasteiger charge is 2.07. The fourth-order valence-corrected chi connectivity index (χ4v) is 5.81. The molecule has 158 valence electrons. The van der Waals surface area contributed by atoms with Crippen LogP contribution in [0.2, 0.25) is 0 Å². The highest BCUT2D eigenvalue weighted by Crippen LogP contribution is 2.35. The first-order valence-corrected chi connectivity index (χ1v) is 13.0. The van der Waals surface area contributed by atoms with Gasteiger partial charge < -0.3 is 0 Å². The molecule has 5 rings (SSSR count). The fourth-order valence-electron chi connectivity index (χ4n) is 5.01. The van der Waals surface area contributed by atoms with Gasteiger partial charge in [-0.25, -0.2) is 0 Å². The van der Waals surface area contributed by atoms with Crippen molar-refractivity contribution in [2.75, 3.05) is 0 Å². The number of rotatable bonds is 9. The molecule has 1 heterocycles. The molecule has 0 bridgehead atoms. The first-order valence-electron chi connectivity index (χ1n) is 12.1. The minimum atomic E-state index is 1.21. The Morgan fingerprint density at radius 3 is 2.16 bits per heavy atom. The summed E-state index contributed by atoms with van der Waals surface area (Å²) in [6.45, 7) is 2.29. The third-order valence-corrected chi connectivity index (χ3v) is 7.67. The Labute approximate surface area is 189 Å². The quantitative estimate of drug-likeness (QED) is 0.125. The van der Waals surface area contributed by atoms with E-state index in [2.05, 4.69) is 73.0 Å². The van der Waals surface area contributed by atoms with E-state index in [-0.39, 0.29) is 0 Å². The fraction of sp³-hybridized carbons (Fsp3) is 0.333. The van der Waals surface area contributed by atoms with Gasteiger partial charge in [0.05, 0.1) is 0 Å². The molecule has 0 amide bonds. The van der Waals surface area contributed by atoms with Gasteiger partial charge in [-0.3, -0.25) is 0 Å². The van der Waals surface area contributed by atoms with Crippen LogP contribution in [0.4, 0.5) is 0 Å². The van der Waals surface area contributed by atoms with Gasteiger partial charge in [0.2, 0.25) is 0 Å². The van der Waals surface area contributed by atoms with E-state index in [9.17, 15) is 0 Å². The Balaban J connectivity index is 1.34. The van der Waals surface area contributed by atoms with E-state index in [1.54, 1.807) is 0 Å². The maximum atomic E-state index is 2.42. The first-order chi connectivity index (χ1) is 15.3. The summed E-state index contributed by atoms with van der Waals surface area (Å²) < 4.78 is 1.37. The highest BCUT2D eigenvalue weighted by molar-refractivity contribution is 7.17. The van der Waals surface area contributed by atoms with E-state index < -0.39 is 0 Å². The van der Waals surface area contributed by atoms with Crippen LogP contribution in [0.3, 0.4) is 0 Å². The third-order valence-electron chi connectivity index (χ3n) is 6.79. The zero-order valence-electron chi connectivity index (χ0n) is 18.6. The molecule has 0 radical (unpaired) electrons. The summed E-state index contributed by atoms with van der Waals surface area (Å²) in [7, 11) is 0. The van der Waals surface area contributed by atoms with Crippen LogP contribution in [0.25, 0.3) is 42.4 Å². The van der Waals surface area contributed by atoms with E-state index in [1.807, 2.05) is 11.3 Å². The summed E-state index contributed by atoms with van der Waals surface area (Å²) in [5, 5.41) is 11.8. The lowest BCUT2D eigenvalue weighted by atomic mass is 9.95. The van der Waals surface area contributed by atoms with E-state index in [0.29, 0.717) is 0 Å². The van der Waals surface area contributed by atoms with Crippen LogP contribution in [-0.2, 0) is 6.42 Å². The monoisotopic (exact) mass is 424 g/mol. The Morgan fingerprint density at radius 2 is 1.29 bits per heavy atom. The van der Waals surface area contributed by atoms with Gasteiger partial charge in [0.15, 0.2) is 0 Å². The zero-order valence-corrected chi connectivity index (χ0v) is 19.4. The number of hydrogen-bond donors (Lipinski definition) is 0. The lowest BCUT2D eigenvalue weighted by Gasteiger charge is -2.09. The van der Waals surface area contributed by atoms with Crippen molar-refractivity contribution in [1.82, 2.24) is 0 Å². The molecule has 0 unspecified atom stereocenters.